The quantitative estimate of drug-likeness (QED) is 0.0127. The van der Waals surface area contributed by atoms with Crippen molar-refractivity contribution in [2.75, 3.05) is 101 Å². The van der Waals surface area contributed by atoms with Gasteiger partial charge in [0.2, 0.25) is 17.7 Å². The van der Waals surface area contributed by atoms with E-state index in [9.17, 15) is 49.8 Å². The molecule has 3 aliphatic heterocycles. The average molecular weight is 1850 g/mol. The van der Waals surface area contributed by atoms with Crippen molar-refractivity contribution in [1.82, 2.24) is 61.0 Å². The van der Waals surface area contributed by atoms with Crippen molar-refractivity contribution in [2.45, 2.75) is 254 Å². The summed E-state index contributed by atoms with van der Waals surface area (Å²) in [5.41, 5.74) is 10.7. The lowest BCUT2D eigenvalue weighted by molar-refractivity contribution is -0.183. The minimum Gasteiger partial charge on any atom is -0.394 e. The lowest BCUT2D eigenvalue weighted by atomic mass is 9.45. The maximum atomic E-state index is 14.0. The Bertz CT molecular complexity index is 4430. The van der Waals surface area contributed by atoms with Gasteiger partial charge < -0.3 is 66.6 Å². The molecule has 6 aromatic carbocycles. The molecule has 10 N–H and O–H groups in total. The van der Waals surface area contributed by atoms with Crippen LogP contribution in [0.3, 0.4) is 0 Å². The summed E-state index contributed by atoms with van der Waals surface area (Å²) in [6.07, 6.45) is 3.05. The van der Waals surface area contributed by atoms with Crippen LogP contribution in [-0.2, 0) is 81.3 Å². The predicted molar refractivity (Wildman–Crippen MR) is 529 cm³/mol. The third-order valence-corrected chi connectivity index (χ3v) is 32.2. The Balaban J connectivity index is 0.000000182. The highest BCUT2D eigenvalue weighted by Gasteiger charge is 2.61. The molecule has 3 amide bonds. The number of benzene rings is 6. The molecular formula is C109H166N12O13. The molecule has 134 heavy (non-hydrogen) atoms. The van der Waals surface area contributed by atoms with Gasteiger partial charge in [-0.15, -0.1) is 0 Å². The lowest BCUT2D eigenvalue weighted by Gasteiger charge is -2.62. The second-order valence-electron chi connectivity index (χ2n) is 43.2. The molecule has 0 radical (unpaired) electrons. The Morgan fingerprint density at radius 2 is 0.694 bits per heavy atom. The van der Waals surface area contributed by atoms with E-state index >= 15 is 0 Å². The van der Waals surface area contributed by atoms with Gasteiger partial charge in [-0.2, -0.15) is 15.2 Å². The highest BCUT2D eigenvalue weighted by molar-refractivity contribution is 5.84. The Hall–Kier alpha value is -7.32. The van der Waals surface area contributed by atoms with Crippen molar-refractivity contribution < 1.29 is 64.3 Å². The second-order valence-corrected chi connectivity index (χ2v) is 43.2. The summed E-state index contributed by atoms with van der Waals surface area (Å²) in [6.45, 7) is 36.4. The van der Waals surface area contributed by atoms with Crippen LogP contribution >= 0.6 is 0 Å². The molecule has 0 aromatic heterocycles. The van der Waals surface area contributed by atoms with E-state index in [-0.39, 0.29) is 69.6 Å². The minimum atomic E-state index is -0.828. The summed E-state index contributed by atoms with van der Waals surface area (Å²) in [6, 6.07) is 53.9. The predicted octanol–water partition coefficient (Wildman–Crippen LogP) is 12.0. The molecule has 24 atom stereocenters. The summed E-state index contributed by atoms with van der Waals surface area (Å²) in [5.74, 6) is 2.88. The molecule has 740 valence electrons. The Labute approximate surface area is 801 Å². The minimum absolute atomic E-state index is 0. The summed E-state index contributed by atoms with van der Waals surface area (Å²) in [5, 5.41) is 80.6. The first kappa shape index (κ1) is 107. The van der Waals surface area contributed by atoms with Crippen LogP contribution in [0.5, 0.6) is 0 Å². The molecule has 25 heteroatoms. The molecule has 3 heterocycles. The van der Waals surface area contributed by atoms with Gasteiger partial charge in [-0.1, -0.05) is 227 Å². The van der Waals surface area contributed by atoms with Crippen LogP contribution in [0.4, 0.5) is 0 Å². The Morgan fingerprint density at radius 1 is 0.403 bits per heavy atom. The van der Waals surface area contributed by atoms with Crippen LogP contribution in [0.25, 0.3) is 0 Å². The molecule has 18 rings (SSSR count). The van der Waals surface area contributed by atoms with Crippen molar-refractivity contribution >= 4 is 24.0 Å². The van der Waals surface area contributed by atoms with Crippen LogP contribution in [0.1, 0.15) is 184 Å². The number of hydrogen-bond donors (Lipinski definition) is 10. The summed E-state index contributed by atoms with van der Waals surface area (Å²) < 4.78 is 0. The maximum absolute atomic E-state index is 14.0. The lowest BCUT2D eigenvalue weighted by Crippen LogP contribution is -2.62. The first-order valence-corrected chi connectivity index (χ1v) is 49.4. The molecule has 9 aliphatic carbocycles. The molecule has 3 unspecified atom stereocenters. The fourth-order valence-corrected chi connectivity index (χ4v) is 23.9. The Kier molecular flexibility index (Phi) is 38.8. The summed E-state index contributed by atoms with van der Waals surface area (Å²) >= 11 is 0. The van der Waals surface area contributed by atoms with Gasteiger partial charge in [0.05, 0.1) is 57.8 Å². The first-order valence-electron chi connectivity index (χ1n) is 49.4. The normalized spacial score (nSPS) is 29.8. The maximum Gasteiger partial charge on any atom is 0.240 e. The number of aliphatic hydroxyl groups is 6. The van der Waals surface area contributed by atoms with E-state index in [1.54, 1.807) is 54.2 Å². The number of likely N-dealkylation sites (N-methyl/N-ethyl adjacent to an activating group) is 3. The molecule has 25 nitrogen and oxygen atoms in total. The first-order chi connectivity index (χ1) is 63.4. The summed E-state index contributed by atoms with van der Waals surface area (Å²) in [4.78, 5) is 82.6. The summed E-state index contributed by atoms with van der Waals surface area (Å²) in [7, 11) is 12.6. The number of hydroxylamine groups is 6. The monoisotopic (exact) mass is 1850 g/mol. The van der Waals surface area contributed by atoms with Gasteiger partial charge in [0, 0.05) is 113 Å². The third-order valence-electron chi connectivity index (χ3n) is 32.2. The standard InChI is InChI=1S/2C36H54N4O4.C25H36N2O5.C11H18N2.CH4/c2*1-24-30-18-29(36(30,3)4)19-31(24)37-35(43)34-33(25(2)42)32(23-41)44-40(34)22-28-14-10-13-27(17-28)21-39(16-15-38(5)6)20-26-11-8-7-9-12-26;1-14-19-9-18(25(19,3)4)10-20(14)26-24(31)23-22(15(2)30)21(13-29)32-27(23)11-16-6-5-7-17(8-16)12-28;1-13(2)9-8-12-10-11-6-4-3-5-7-11;/h2*7-14,17,24-25,29-34,41-42H,15-16,18-23H2,1-6H3,(H,37,43);5-8,12,14-15,18-23,29-30H,9-11,13H2,1-4H3,(H,26,31);3-7,12H,8-10H2,1-2H3;1H4/t2*24-,25-,29+,30-,31?,32-,33+,34-;14-,15-,18+,19-,20?,21-,22+,23-;;/m000../s1. The van der Waals surface area contributed by atoms with Gasteiger partial charge in [0.25, 0.3) is 0 Å². The van der Waals surface area contributed by atoms with Crippen LogP contribution in [-0.4, -0.2) is 269 Å². The van der Waals surface area contributed by atoms with Gasteiger partial charge in [0.1, 0.15) is 42.7 Å². The molecular weight excluding hydrogens is 1690 g/mol. The number of aliphatic hydroxyl groups excluding tert-OH is 6. The number of carbonyl (C=O) groups is 4. The zero-order valence-corrected chi connectivity index (χ0v) is 82.9. The molecule has 9 saturated carbocycles. The van der Waals surface area contributed by atoms with Crippen LogP contribution in [0.15, 0.2) is 164 Å². The average Bonchev–Trinajstić information content (AvgIpc) is 0.784. The SMILES string of the molecule is C.CN(C)CCNCc1ccccc1.C[C@H](O)[C@@H]1[C@H](CO)ON(Cc2cccc(C=O)c2)[C@@H]1C(=O)NC1C[C@H]2C[C@@H]([C@@H]1C)C2(C)C.C[C@H](O)[C@@H]1[C@H](CO)ON(Cc2cccc(CN(CCN(C)C)Cc3ccccc3)c2)[C@@H]1C(=O)NC1C[C@H]2C[C@@H]([C@@H]1C)C2(C)C.C[C@H](O)[C@@H]1[C@H](CO)ON(Cc2cccc(CN(CCN(C)C)Cc3ccccc3)c2)[C@@H]1C(=O)NC1C[C@H]2C[C@@H]([C@@H]1C)C2(C)C. The van der Waals surface area contributed by atoms with E-state index < -0.39 is 72.5 Å². The molecule has 12 aliphatic rings. The number of hydrogen-bond acceptors (Lipinski definition) is 22. The zero-order chi connectivity index (χ0) is 95.9. The zero-order valence-electron chi connectivity index (χ0n) is 82.9. The fourth-order valence-electron chi connectivity index (χ4n) is 23.9. The fraction of sp³-hybridized carbons (Fsp3) is 0.633. The third kappa shape index (κ3) is 26.6. The van der Waals surface area contributed by atoms with Crippen LogP contribution in [0.2, 0.25) is 0 Å². The number of nitrogens with one attached hydrogen (secondary N) is 4. The molecule has 12 fully saturated rings. The van der Waals surface area contributed by atoms with E-state index in [2.05, 4.69) is 272 Å². The van der Waals surface area contributed by atoms with E-state index in [4.69, 9.17) is 14.5 Å². The highest BCUT2D eigenvalue weighted by atomic mass is 16.7. The largest absolute Gasteiger partial charge is 0.394 e. The van der Waals surface area contributed by atoms with Gasteiger partial charge in [-0.25, -0.2) is 0 Å². The second kappa shape index (κ2) is 48.5. The topological polar surface area (TPSA) is 291 Å². The van der Waals surface area contributed by atoms with Gasteiger partial charge in [-0.05, 0) is 222 Å². The van der Waals surface area contributed by atoms with Crippen LogP contribution < -0.4 is 21.3 Å². The van der Waals surface area contributed by atoms with E-state index in [1.807, 2.05) is 24.3 Å². The van der Waals surface area contributed by atoms with Crippen LogP contribution in [0, 0.1) is 87.3 Å². The number of rotatable bonds is 38. The van der Waals surface area contributed by atoms with Crippen molar-refractivity contribution in [2.24, 2.45) is 87.3 Å². The number of amides is 3. The van der Waals surface area contributed by atoms with Crippen molar-refractivity contribution in [1.29, 1.82) is 0 Å². The van der Waals surface area contributed by atoms with Crippen molar-refractivity contribution in [3.05, 3.63) is 214 Å². The molecule has 6 aromatic rings. The molecule has 0 spiro atoms. The van der Waals surface area contributed by atoms with Gasteiger partial charge in [0.15, 0.2) is 0 Å². The number of fused-ring (bicyclic) bond motifs is 6. The smallest absolute Gasteiger partial charge is 0.240 e. The molecule has 3 saturated heterocycles. The van der Waals surface area contributed by atoms with E-state index in [0.717, 1.165) is 114 Å². The van der Waals surface area contributed by atoms with Crippen molar-refractivity contribution in [3.8, 4) is 0 Å². The van der Waals surface area contributed by atoms with Gasteiger partial charge in [-0.3, -0.25) is 43.5 Å². The van der Waals surface area contributed by atoms with E-state index in [0.29, 0.717) is 88.2 Å². The number of nitrogens with zero attached hydrogens (tertiary/aromatic N) is 8. The Morgan fingerprint density at radius 3 is 0.985 bits per heavy atom. The van der Waals surface area contributed by atoms with E-state index in [1.165, 1.54) is 47.1 Å². The van der Waals surface area contributed by atoms with Crippen molar-refractivity contribution in [3.63, 3.8) is 0 Å². The highest BCUT2D eigenvalue weighted by Crippen LogP contribution is 2.64. The van der Waals surface area contributed by atoms with Gasteiger partial charge >= 0.3 is 0 Å². The number of aldehydes is 1. The molecule has 6 bridgehead atoms. The number of carbonyl (C=O) groups excluding carboxylic acids is 4.